The van der Waals surface area contributed by atoms with Crippen molar-refractivity contribution in [3.05, 3.63) is 320 Å². The number of aromatic nitrogens is 6. The number of fused-ring (bicyclic) bond motifs is 6. The van der Waals surface area contributed by atoms with Gasteiger partial charge in [-0.05, 0) is 183 Å². The molecule has 0 saturated heterocycles. The molecule has 0 unspecified atom stereocenters. The molecule has 0 spiro atoms. The highest BCUT2D eigenvalue weighted by atomic mass is 15.1. The first kappa shape index (κ1) is 53.8. The summed E-state index contributed by atoms with van der Waals surface area (Å²) in [5.74, 6) is 0. The number of benzene rings is 10. The highest BCUT2D eigenvalue weighted by molar-refractivity contribution is 6.15. The van der Waals surface area contributed by atoms with Crippen molar-refractivity contribution >= 4 is 49.3 Å². The average molecular weight is 1160 g/mol. The molecular formula is C83H52N8. The van der Waals surface area contributed by atoms with Gasteiger partial charge in [0.2, 0.25) is 5.69 Å². The normalized spacial score (nSPS) is 11.3. The van der Waals surface area contributed by atoms with Gasteiger partial charge >= 0.3 is 0 Å². The summed E-state index contributed by atoms with van der Waals surface area (Å²) >= 11 is 0. The van der Waals surface area contributed by atoms with Gasteiger partial charge in [0, 0.05) is 68.6 Å². The van der Waals surface area contributed by atoms with Crippen molar-refractivity contribution in [3.8, 4) is 118 Å². The van der Waals surface area contributed by atoms with E-state index in [-0.39, 0.29) is 0 Å². The Hall–Kier alpha value is -12.6. The molecule has 0 aliphatic heterocycles. The summed E-state index contributed by atoms with van der Waals surface area (Å²) in [4.78, 5) is 23.9. The molecule has 6 heterocycles. The summed E-state index contributed by atoms with van der Waals surface area (Å²) < 4.78 is 4.56. The standard InChI is InChI=1S/C83H52N8/c1-53-41-54(52-84)43-67(42-53)68-27-32-81(90-77-28-23-59(63-33-37-86-73(48-63)55-15-7-3-8-16-55)44-69(77)70-45-60(24-29-78(70)90)64-34-38-87-74(49-64)56-17-9-4-10-18-56)82(85-2)83(68)91-79-30-25-61(65-35-39-88-75(50-65)57-19-11-5-12-20-57)46-71(79)72-47-62(26-31-80(72)91)66-36-40-89-76(51-66)58-21-13-6-14-22-58/h3-51H,1H3. The molecule has 0 aliphatic carbocycles. The molecule has 0 radical (unpaired) electrons. The highest BCUT2D eigenvalue weighted by Gasteiger charge is 2.26. The van der Waals surface area contributed by atoms with Crippen molar-refractivity contribution in [2.75, 3.05) is 0 Å². The van der Waals surface area contributed by atoms with Crippen LogP contribution >= 0.6 is 0 Å². The van der Waals surface area contributed by atoms with Crippen LogP contribution in [0.5, 0.6) is 0 Å². The molecule has 8 heteroatoms. The van der Waals surface area contributed by atoms with E-state index in [0.717, 1.165) is 150 Å². The van der Waals surface area contributed by atoms with Gasteiger partial charge in [0.15, 0.2) is 0 Å². The summed E-state index contributed by atoms with van der Waals surface area (Å²) in [6.07, 6.45) is 7.53. The number of hydrogen-bond donors (Lipinski definition) is 0. The molecule has 0 bridgehead atoms. The number of aryl methyl sites for hydroxylation is 1. The van der Waals surface area contributed by atoms with Gasteiger partial charge in [-0.2, -0.15) is 5.26 Å². The number of pyridine rings is 4. The minimum absolute atomic E-state index is 0.447. The molecule has 16 rings (SSSR count). The van der Waals surface area contributed by atoms with E-state index >= 15 is 0 Å². The summed E-state index contributed by atoms with van der Waals surface area (Å²) in [6.45, 7) is 11.6. The second-order valence-corrected chi connectivity index (χ2v) is 22.9. The Labute approximate surface area is 526 Å². The lowest BCUT2D eigenvalue weighted by Crippen LogP contribution is -2.03. The Bertz CT molecular complexity index is 5340. The van der Waals surface area contributed by atoms with Gasteiger partial charge in [0.25, 0.3) is 0 Å². The second-order valence-electron chi connectivity index (χ2n) is 22.9. The summed E-state index contributed by atoms with van der Waals surface area (Å²) in [7, 11) is 0. The molecule has 91 heavy (non-hydrogen) atoms. The first-order chi connectivity index (χ1) is 44.9. The molecule has 0 N–H and O–H groups in total. The Balaban J connectivity index is 0.959. The van der Waals surface area contributed by atoms with Crippen LogP contribution in [0, 0.1) is 24.8 Å². The Kier molecular flexibility index (Phi) is 13.4. The van der Waals surface area contributed by atoms with Gasteiger partial charge in [0.05, 0.1) is 74.4 Å². The molecule has 0 saturated carbocycles. The fraction of sp³-hybridized carbons (Fsp3) is 0.0120. The molecule has 0 atom stereocenters. The maximum absolute atomic E-state index is 10.5. The SMILES string of the molecule is [C-]#[N+]c1c(-n2c3ccc(-c4ccnc(-c5ccccc5)c4)cc3c3cc(-c4ccnc(-c5ccccc5)c4)ccc32)ccc(-c2cc(C)cc(C#N)c2)c1-n1c2ccc(-c3ccnc(-c4ccccc4)c3)cc2c2cc(-c3ccnc(-c4ccccc4)c3)ccc21. The fourth-order valence-corrected chi connectivity index (χ4v) is 13.1. The van der Waals surface area contributed by atoms with Crippen LogP contribution in [0.3, 0.4) is 0 Å². The third-order valence-electron chi connectivity index (χ3n) is 17.4. The second kappa shape index (κ2) is 22.6. The topological polar surface area (TPSA) is 89.6 Å². The summed E-state index contributed by atoms with van der Waals surface area (Å²) in [5, 5.41) is 14.6. The van der Waals surface area contributed by atoms with E-state index < -0.39 is 0 Å². The van der Waals surface area contributed by atoms with E-state index in [0.29, 0.717) is 22.6 Å². The maximum Gasteiger partial charge on any atom is 0.234 e. The highest BCUT2D eigenvalue weighted by Crippen LogP contribution is 2.48. The first-order valence-electron chi connectivity index (χ1n) is 30.2. The van der Waals surface area contributed by atoms with E-state index in [2.05, 4.69) is 203 Å². The van der Waals surface area contributed by atoms with Crippen molar-refractivity contribution in [2.24, 2.45) is 0 Å². The molecule has 0 fully saturated rings. The van der Waals surface area contributed by atoms with Gasteiger partial charge in [-0.15, -0.1) is 0 Å². The minimum atomic E-state index is 0.447. The van der Waals surface area contributed by atoms with Gasteiger partial charge in [-0.1, -0.05) is 158 Å². The summed E-state index contributed by atoms with van der Waals surface area (Å²) in [5.41, 5.74) is 24.7. The molecule has 10 aromatic carbocycles. The van der Waals surface area contributed by atoms with Crippen LogP contribution in [-0.2, 0) is 0 Å². The molecule has 424 valence electrons. The Morgan fingerprint density at radius 2 is 0.670 bits per heavy atom. The molecule has 8 nitrogen and oxygen atoms in total. The van der Waals surface area contributed by atoms with Gasteiger partial charge < -0.3 is 9.13 Å². The van der Waals surface area contributed by atoms with E-state index in [1.165, 1.54) is 0 Å². The molecule has 6 aromatic heterocycles. The smallest absolute Gasteiger partial charge is 0.234 e. The van der Waals surface area contributed by atoms with Crippen LogP contribution in [-0.4, -0.2) is 29.1 Å². The number of nitrogens with zero attached hydrogens (tertiary/aromatic N) is 8. The quantitative estimate of drug-likeness (QED) is 0.120. The monoisotopic (exact) mass is 1160 g/mol. The van der Waals surface area contributed by atoms with Crippen LogP contribution < -0.4 is 0 Å². The van der Waals surface area contributed by atoms with Crippen LogP contribution in [0.4, 0.5) is 5.69 Å². The predicted octanol–water partition coefficient (Wildman–Crippen LogP) is 21.2. The lowest BCUT2D eigenvalue weighted by molar-refractivity contribution is 1.14. The minimum Gasteiger partial charge on any atom is -0.319 e. The molecule has 0 aliphatic rings. The third kappa shape index (κ3) is 9.75. The van der Waals surface area contributed by atoms with Gasteiger partial charge in [-0.3, -0.25) is 19.9 Å². The predicted molar refractivity (Wildman–Crippen MR) is 371 cm³/mol. The van der Waals surface area contributed by atoms with Gasteiger partial charge in [-0.25, -0.2) is 4.85 Å². The van der Waals surface area contributed by atoms with E-state index in [9.17, 15) is 11.8 Å². The van der Waals surface area contributed by atoms with Crippen LogP contribution in [0.15, 0.2) is 298 Å². The average Bonchev–Trinajstić information content (AvgIpc) is 1.67. The number of hydrogen-bond acceptors (Lipinski definition) is 5. The van der Waals surface area contributed by atoms with Crippen molar-refractivity contribution in [2.45, 2.75) is 6.92 Å². The fourth-order valence-electron chi connectivity index (χ4n) is 13.1. The molecule has 16 aromatic rings. The molecular weight excluding hydrogens is 1110 g/mol. The van der Waals surface area contributed by atoms with Crippen LogP contribution in [0.1, 0.15) is 11.1 Å². The molecule has 0 amide bonds. The lowest BCUT2D eigenvalue weighted by atomic mass is 9.97. The Morgan fingerprint density at radius 3 is 1.01 bits per heavy atom. The zero-order valence-corrected chi connectivity index (χ0v) is 49.4. The van der Waals surface area contributed by atoms with Crippen LogP contribution in [0.25, 0.3) is 160 Å². The first-order valence-corrected chi connectivity index (χ1v) is 30.2. The maximum atomic E-state index is 10.5. The Morgan fingerprint density at radius 1 is 0.330 bits per heavy atom. The largest absolute Gasteiger partial charge is 0.319 e. The van der Waals surface area contributed by atoms with Crippen molar-refractivity contribution < 1.29 is 0 Å². The van der Waals surface area contributed by atoms with E-state index in [1.807, 2.05) is 117 Å². The van der Waals surface area contributed by atoms with Crippen molar-refractivity contribution in [1.29, 1.82) is 5.26 Å². The van der Waals surface area contributed by atoms with E-state index in [1.54, 1.807) is 0 Å². The van der Waals surface area contributed by atoms with Crippen molar-refractivity contribution in [3.63, 3.8) is 0 Å². The van der Waals surface area contributed by atoms with Crippen LogP contribution in [0.2, 0.25) is 0 Å². The zero-order chi connectivity index (χ0) is 60.9. The van der Waals surface area contributed by atoms with E-state index in [4.69, 9.17) is 24.8 Å². The lowest BCUT2D eigenvalue weighted by Gasteiger charge is -2.21. The summed E-state index contributed by atoms with van der Waals surface area (Å²) in [6, 6.07) is 97.3. The number of nitriles is 1. The van der Waals surface area contributed by atoms with Crippen molar-refractivity contribution in [1.82, 2.24) is 29.1 Å². The van der Waals surface area contributed by atoms with Gasteiger partial charge in [0.1, 0.15) is 0 Å². The third-order valence-corrected chi connectivity index (χ3v) is 17.4. The number of rotatable bonds is 11. The zero-order valence-electron chi connectivity index (χ0n) is 49.4.